The molecule has 6 nitrogen and oxygen atoms in total. The fourth-order valence-electron chi connectivity index (χ4n) is 2.78. The van der Waals surface area contributed by atoms with E-state index in [1.807, 2.05) is 38.1 Å². The third-order valence-corrected chi connectivity index (χ3v) is 3.96. The van der Waals surface area contributed by atoms with Gasteiger partial charge in [0.2, 0.25) is 5.91 Å². The zero-order valence-corrected chi connectivity index (χ0v) is 14.5. The highest BCUT2D eigenvalue weighted by molar-refractivity contribution is 5.97. The molecule has 1 N–H and O–H groups in total. The van der Waals surface area contributed by atoms with Gasteiger partial charge in [0.1, 0.15) is 12.3 Å². The molecule has 0 aliphatic carbocycles. The molecular weight excluding hydrogens is 320 g/mol. The molecule has 0 aromatic heterocycles. The Morgan fingerprint density at radius 2 is 1.92 bits per heavy atom. The lowest BCUT2D eigenvalue weighted by Crippen LogP contribution is -2.41. The Bertz CT molecular complexity index is 832. The van der Waals surface area contributed by atoms with Crippen molar-refractivity contribution in [1.29, 1.82) is 0 Å². The van der Waals surface area contributed by atoms with Gasteiger partial charge in [-0.3, -0.25) is 4.79 Å². The highest BCUT2D eigenvalue weighted by Gasteiger charge is 2.26. The van der Waals surface area contributed by atoms with Crippen molar-refractivity contribution >= 4 is 23.3 Å². The van der Waals surface area contributed by atoms with Gasteiger partial charge in [-0.25, -0.2) is 4.79 Å². The molecular formula is C19H20N2O4. The molecule has 0 saturated heterocycles. The first kappa shape index (κ1) is 16.8. The van der Waals surface area contributed by atoms with Crippen LogP contribution in [0.25, 0.3) is 0 Å². The van der Waals surface area contributed by atoms with Gasteiger partial charge in [0.05, 0.1) is 25.0 Å². The molecule has 3 rings (SSSR count). The molecule has 1 heterocycles. The van der Waals surface area contributed by atoms with Crippen LogP contribution >= 0.6 is 0 Å². The fourth-order valence-corrected chi connectivity index (χ4v) is 2.78. The summed E-state index contributed by atoms with van der Waals surface area (Å²) in [7, 11) is 1.56. The average molecular weight is 340 g/mol. The molecule has 6 heteroatoms. The van der Waals surface area contributed by atoms with E-state index in [-0.39, 0.29) is 25.0 Å². The molecule has 0 atom stereocenters. The third-order valence-electron chi connectivity index (χ3n) is 3.96. The average Bonchev–Trinajstić information content (AvgIpc) is 2.54. The van der Waals surface area contributed by atoms with E-state index in [1.165, 1.54) is 0 Å². The van der Waals surface area contributed by atoms with Crippen molar-refractivity contribution in [2.45, 2.75) is 13.8 Å². The molecule has 0 bridgehead atoms. The molecule has 0 radical (unpaired) electrons. The van der Waals surface area contributed by atoms with E-state index in [0.29, 0.717) is 17.2 Å². The van der Waals surface area contributed by atoms with Crippen LogP contribution in [-0.4, -0.2) is 32.1 Å². The topological polar surface area (TPSA) is 67.9 Å². The van der Waals surface area contributed by atoms with Crippen LogP contribution in [0.1, 0.15) is 11.1 Å². The summed E-state index contributed by atoms with van der Waals surface area (Å²) in [5, 5.41) is 2.85. The van der Waals surface area contributed by atoms with Crippen molar-refractivity contribution in [2.75, 3.05) is 30.4 Å². The van der Waals surface area contributed by atoms with Gasteiger partial charge in [0.25, 0.3) is 0 Å². The zero-order valence-electron chi connectivity index (χ0n) is 14.5. The number of anilines is 2. The van der Waals surface area contributed by atoms with Gasteiger partial charge in [-0.2, -0.15) is 0 Å². The van der Waals surface area contributed by atoms with Gasteiger partial charge in [0, 0.05) is 0 Å². The molecule has 130 valence electrons. The van der Waals surface area contributed by atoms with Gasteiger partial charge in [0.15, 0.2) is 5.75 Å². The van der Waals surface area contributed by atoms with Crippen LogP contribution < -0.4 is 19.7 Å². The molecule has 0 spiro atoms. The third kappa shape index (κ3) is 3.74. The standard InChI is InChI=1S/C19H20N2O4/c1-12-5-7-16(24-3)14(8-12)20-18(22)10-21-11-19(23)25-17-9-13(2)4-6-15(17)21/h4-9H,10-11H2,1-3H3,(H,20,22). The van der Waals surface area contributed by atoms with Crippen LogP contribution in [0.2, 0.25) is 0 Å². The summed E-state index contributed by atoms with van der Waals surface area (Å²) in [6, 6.07) is 11.1. The lowest BCUT2D eigenvalue weighted by Gasteiger charge is -2.29. The summed E-state index contributed by atoms with van der Waals surface area (Å²) >= 11 is 0. The van der Waals surface area contributed by atoms with Crippen molar-refractivity contribution < 1.29 is 19.1 Å². The first-order chi connectivity index (χ1) is 12.0. The highest BCUT2D eigenvalue weighted by Crippen LogP contribution is 2.32. The van der Waals surface area contributed by atoms with Crippen molar-refractivity contribution in [3.63, 3.8) is 0 Å². The monoisotopic (exact) mass is 340 g/mol. The highest BCUT2D eigenvalue weighted by atomic mass is 16.5. The molecule has 2 aromatic carbocycles. The maximum absolute atomic E-state index is 12.5. The van der Waals surface area contributed by atoms with E-state index in [0.717, 1.165) is 16.8 Å². The van der Waals surface area contributed by atoms with E-state index in [4.69, 9.17) is 9.47 Å². The molecule has 25 heavy (non-hydrogen) atoms. The Balaban J connectivity index is 1.78. The molecule has 1 aliphatic heterocycles. The molecule has 0 fully saturated rings. The van der Waals surface area contributed by atoms with E-state index >= 15 is 0 Å². The van der Waals surface area contributed by atoms with Crippen LogP contribution in [-0.2, 0) is 9.59 Å². The summed E-state index contributed by atoms with van der Waals surface area (Å²) in [6.07, 6.45) is 0. The van der Waals surface area contributed by atoms with E-state index in [1.54, 1.807) is 24.1 Å². The Morgan fingerprint density at radius 3 is 2.68 bits per heavy atom. The summed E-state index contributed by atoms with van der Waals surface area (Å²) in [6.45, 7) is 3.94. The molecule has 0 unspecified atom stereocenters. The predicted molar refractivity (Wildman–Crippen MR) is 95.4 cm³/mol. The number of hydrogen-bond donors (Lipinski definition) is 1. The number of nitrogens with zero attached hydrogens (tertiary/aromatic N) is 1. The first-order valence-corrected chi connectivity index (χ1v) is 7.97. The largest absolute Gasteiger partial charge is 0.495 e. The number of amides is 1. The van der Waals surface area contributed by atoms with Gasteiger partial charge < -0.3 is 19.7 Å². The second kappa shape index (κ2) is 6.84. The van der Waals surface area contributed by atoms with Gasteiger partial charge in [-0.1, -0.05) is 12.1 Å². The summed E-state index contributed by atoms with van der Waals surface area (Å²) in [5.74, 6) is 0.467. The number of benzene rings is 2. The Hall–Kier alpha value is -3.02. The Morgan fingerprint density at radius 1 is 1.20 bits per heavy atom. The van der Waals surface area contributed by atoms with Crippen molar-refractivity contribution in [2.24, 2.45) is 0 Å². The normalized spacial score (nSPS) is 13.1. The van der Waals surface area contributed by atoms with Crippen molar-refractivity contribution in [3.05, 3.63) is 47.5 Å². The summed E-state index contributed by atoms with van der Waals surface area (Å²) in [4.78, 5) is 26.0. The molecule has 1 amide bonds. The summed E-state index contributed by atoms with van der Waals surface area (Å²) < 4.78 is 10.5. The number of hydrogen-bond acceptors (Lipinski definition) is 5. The van der Waals surface area contributed by atoms with Crippen LogP contribution in [0.15, 0.2) is 36.4 Å². The Labute approximate surface area is 146 Å². The van der Waals surface area contributed by atoms with E-state index in [2.05, 4.69) is 5.32 Å². The Kier molecular flexibility index (Phi) is 4.61. The van der Waals surface area contributed by atoms with Crippen LogP contribution in [0, 0.1) is 13.8 Å². The smallest absolute Gasteiger partial charge is 0.331 e. The van der Waals surface area contributed by atoms with E-state index < -0.39 is 0 Å². The second-order valence-electron chi connectivity index (χ2n) is 6.05. The number of fused-ring (bicyclic) bond motifs is 1. The molecule has 2 aromatic rings. The number of aryl methyl sites for hydroxylation is 2. The number of carbonyl (C=O) groups excluding carboxylic acids is 2. The minimum atomic E-state index is -0.376. The van der Waals surface area contributed by atoms with Crippen molar-refractivity contribution in [3.8, 4) is 11.5 Å². The number of carbonyl (C=O) groups is 2. The SMILES string of the molecule is COc1ccc(C)cc1NC(=O)CN1CC(=O)Oc2cc(C)ccc21. The molecule has 0 saturated carbocycles. The van der Waals surface area contributed by atoms with Gasteiger partial charge >= 0.3 is 5.97 Å². The number of nitrogens with one attached hydrogen (secondary N) is 1. The minimum Gasteiger partial charge on any atom is -0.495 e. The maximum atomic E-state index is 12.5. The van der Waals surface area contributed by atoms with Crippen LogP contribution in [0.3, 0.4) is 0 Å². The van der Waals surface area contributed by atoms with Crippen LogP contribution in [0.5, 0.6) is 11.5 Å². The summed E-state index contributed by atoms with van der Waals surface area (Å²) in [5.41, 5.74) is 3.34. The lowest BCUT2D eigenvalue weighted by atomic mass is 10.1. The maximum Gasteiger partial charge on any atom is 0.331 e. The number of ether oxygens (including phenoxy) is 2. The van der Waals surface area contributed by atoms with Crippen molar-refractivity contribution in [1.82, 2.24) is 0 Å². The zero-order chi connectivity index (χ0) is 18.0. The van der Waals surface area contributed by atoms with Gasteiger partial charge in [-0.15, -0.1) is 0 Å². The van der Waals surface area contributed by atoms with Crippen LogP contribution in [0.4, 0.5) is 11.4 Å². The fraction of sp³-hybridized carbons (Fsp3) is 0.263. The minimum absolute atomic E-state index is 0.0361. The number of esters is 1. The van der Waals surface area contributed by atoms with E-state index in [9.17, 15) is 9.59 Å². The first-order valence-electron chi connectivity index (χ1n) is 7.97. The lowest BCUT2D eigenvalue weighted by molar-refractivity contribution is -0.133. The number of methoxy groups -OCH3 is 1. The molecule has 1 aliphatic rings. The second-order valence-corrected chi connectivity index (χ2v) is 6.05. The predicted octanol–water partition coefficient (Wildman–Crippen LogP) is 2.68. The van der Waals surface area contributed by atoms with Gasteiger partial charge in [-0.05, 0) is 49.2 Å². The quantitative estimate of drug-likeness (QED) is 0.685. The number of rotatable bonds is 4.